The van der Waals surface area contributed by atoms with Gasteiger partial charge in [0.1, 0.15) is 11.7 Å². The molecule has 0 aromatic rings. The lowest BCUT2D eigenvalue weighted by atomic mass is 9.46. The van der Waals surface area contributed by atoms with Crippen LogP contribution in [-0.4, -0.2) is 30.1 Å². The summed E-state index contributed by atoms with van der Waals surface area (Å²) >= 11 is 0. The van der Waals surface area contributed by atoms with E-state index in [2.05, 4.69) is 39.0 Å². The molecular weight excluding hydrogens is 376 g/mol. The van der Waals surface area contributed by atoms with Gasteiger partial charge in [0.05, 0.1) is 6.61 Å². The number of hydrogen-bond acceptors (Lipinski definition) is 4. The van der Waals surface area contributed by atoms with Gasteiger partial charge in [0.2, 0.25) is 0 Å². The molecule has 0 aromatic heterocycles. The van der Waals surface area contributed by atoms with Crippen LogP contribution in [0, 0.1) is 40.4 Å². The van der Waals surface area contributed by atoms with E-state index in [4.69, 9.17) is 9.47 Å². The number of hydrogen-bond donors (Lipinski definition) is 0. The van der Waals surface area contributed by atoms with Gasteiger partial charge in [-0.1, -0.05) is 39.0 Å². The number of Topliss-reactive ketones (excluding diaryl/α,β-unsaturated/α-hetero) is 1. The van der Waals surface area contributed by atoms with Gasteiger partial charge < -0.3 is 9.47 Å². The number of fused-ring (bicyclic) bond motifs is 4. The molecule has 0 N–H and O–H groups in total. The van der Waals surface area contributed by atoms with Crippen molar-refractivity contribution in [3.05, 3.63) is 24.3 Å². The molecule has 1 aliphatic heterocycles. The minimum Gasteiger partial charge on any atom is -0.463 e. The predicted octanol–water partition coefficient (Wildman–Crippen LogP) is 4.88. The van der Waals surface area contributed by atoms with Crippen molar-refractivity contribution in [3.63, 3.8) is 0 Å². The van der Waals surface area contributed by atoms with Crippen LogP contribution in [0.3, 0.4) is 0 Å². The van der Waals surface area contributed by atoms with Crippen molar-refractivity contribution < 1.29 is 19.1 Å². The first-order valence-corrected chi connectivity index (χ1v) is 12.0. The average Bonchev–Trinajstić information content (AvgIpc) is 3.36. The normalized spacial score (nSPS) is 49.7. The summed E-state index contributed by atoms with van der Waals surface area (Å²) in [4.78, 5) is 24.1. The Morgan fingerprint density at radius 1 is 1.27 bits per heavy atom. The zero-order valence-corrected chi connectivity index (χ0v) is 18.9. The van der Waals surface area contributed by atoms with Gasteiger partial charge in [-0.25, -0.2) is 4.79 Å². The second-order valence-electron chi connectivity index (χ2n) is 11.0. The number of ketones is 1. The van der Waals surface area contributed by atoms with Gasteiger partial charge in [-0.2, -0.15) is 0 Å². The third-order valence-corrected chi connectivity index (χ3v) is 9.97. The highest BCUT2D eigenvalue weighted by Crippen LogP contribution is 2.71. The second-order valence-corrected chi connectivity index (χ2v) is 11.0. The lowest BCUT2D eigenvalue weighted by Gasteiger charge is -2.57. The molecule has 1 saturated heterocycles. The van der Waals surface area contributed by atoms with Crippen LogP contribution in [-0.2, 0) is 19.1 Å². The molecule has 4 aliphatic carbocycles. The molecule has 4 fully saturated rings. The molecule has 9 atom stereocenters. The fourth-order valence-electron chi connectivity index (χ4n) is 8.32. The van der Waals surface area contributed by atoms with Crippen molar-refractivity contribution in [2.24, 2.45) is 40.4 Å². The van der Waals surface area contributed by atoms with Gasteiger partial charge in [-0.15, -0.1) is 0 Å². The average molecular weight is 413 g/mol. The van der Waals surface area contributed by atoms with Crippen molar-refractivity contribution in [1.29, 1.82) is 0 Å². The molecule has 5 rings (SSSR count). The molecule has 0 radical (unpaired) electrons. The topological polar surface area (TPSA) is 55.9 Å². The summed E-state index contributed by atoms with van der Waals surface area (Å²) in [5.41, 5.74) is 0.101. The Labute approximate surface area is 180 Å². The van der Waals surface area contributed by atoms with Gasteiger partial charge in [-0.05, 0) is 74.0 Å². The fraction of sp³-hybridized carbons (Fsp3) is 0.769. The van der Waals surface area contributed by atoms with E-state index < -0.39 is 0 Å². The van der Waals surface area contributed by atoms with E-state index in [9.17, 15) is 9.59 Å². The SMILES string of the molecule is CCOC(=O)/C=C/[C@@H](C)C1CCC2C3C=C[C@@]45O[C@@H]4C(=O)CC[C@]5(C)C3CC[C@@]21C. The molecule has 0 amide bonds. The van der Waals surface area contributed by atoms with E-state index in [-0.39, 0.29) is 23.1 Å². The number of epoxide rings is 1. The van der Waals surface area contributed by atoms with Crippen molar-refractivity contribution in [2.45, 2.75) is 77.9 Å². The lowest BCUT2D eigenvalue weighted by Crippen LogP contribution is -2.56. The summed E-state index contributed by atoms with van der Waals surface area (Å²) in [7, 11) is 0. The zero-order valence-electron chi connectivity index (χ0n) is 18.9. The van der Waals surface area contributed by atoms with E-state index in [1.54, 1.807) is 6.08 Å². The summed E-state index contributed by atoms with van der Waals surface area (Å²) in [6.45, 7) is 9.44. The molecule has 5 aliphatic rings. The molecule has 0 aromatic carbocycles. The predicted molar refractivity (Wildman–Crippen MR) is 115 cm³/mol. The minimum atomic E-state index is -0.301. The highest BCUT2D eigenvalue weighted by molar-refractivity contribution is 5.89. The number of rotatable bonds is 4. The maximum atomic E-state index is 12.3. The van der Waals surface area contributed by atoms with Crippen molar-refractivity contribution >= 4 is 11.8 Å². The summed E-state index contributed by atoms with van der Waals surface area (Å²) in [6, 6.07) is 0. The van der Waals surface area contributed by atoms with E-state index in [0.717, 1.165) is 6.42 Å². The Kier molecular flexibility index (Phi) is 4.63. The third-order valence-electron chi connectivity index (χ3n) is 9.97. The van der Waals surface area contributed by atoms with Crippen LogP contribution in [0.2, 0.25) is 0 Å². The monoisotopic (exact) mass is 412 g/mol. The van der Waals surface area contributed by atoms with Gasteiger partial charge in [-0.3, -0.25) is 4.79 Å². The number of carbonyl (C=O) groups excluding carboxylic acids is 2. The Balaban J connectivity index is 1.38. The molecular formula is C26H36O4. The summed E-state index contributed by atoms with van der Waals surface area (Å²) in [5.74, 6) is 2.93. The van der Waals surface area contributed by atoms with E-state index >= 15 is 0 Å². The van der Waals surface area contributed by atoms with Crippen LogP contribution in [0.4, 0.5) is 0 Å². The first-order chi connectivity index (χ1) is 14.3. The number of ether oxygens (including phenoxy) is 2. The summed E-state index contributed by atoms with van der Waals surface area (Å²) in [5, 5.41) is 0. The second kappa shape index (κ2) is 6.79. The van der Waals surface area contributed by atoms with Crippen LogP contribution in [0.25, 0.3) is 0 Å². The third kappa shape index (κ3) is 2.61. The highest BCUT2D eigenvalue weighted by atomic mass is 16.6. The van der Waals surface area contributed by atoms with Crippen LogP contribution < -0.4 is 0 Å². The number of esters is 1. The smallest absolute Gasteiger partial charge is 0.330 e. The Bertz CT molecular complexity index is 814. The molecule has 3 saturated carbocycles. The van der Waals surface area contributed by atoms with E-state index in [0.29, 0.717) is 53.8 Å². The largest absolute Gasteiger partial charge is 0.463 e. The fourth-order valence-corrected chi connectivity index (χ4v) is 8.32. The summed E-state index contributed by atoms with van der Waals surface area (Å²) < 4.78 is 11.2. The van der Waals surface area contributed by atoms with Crippen LogP contribution in [0.1, 0.15) is 66.2 Å². The van der Waals surface area contributed by atoms with Crippen molar-refractivity contribution in [3.8, 4) is 0 Å². The van der Waals surface area contributed by atoms with Crippen LogP contribution >= 0.6 is 0 Å². The van der Waals surface area contributed by atoms with Gasteiger partial charge >= 0.3 is 5.97 Å². The maximum absolute atomic E-state index is 12.3. The standard InChI is InChI=1S/C26H36O4/c1-5-29-22(28)9-6-16(2)18-7-8-19-17-10-15-26-23(30-26)21(27)12-14-25(26,4)20(17)11-13-24(18,19)3/h6,9-10,15-20,23H,5,7-8,11-14H2,1-4H3/b9-6+/t16-,17?,18?,19?,20?,23-,24-,25-,26-/m1/s1. The molecule has 164 valence electrons. The van der Waals surface area contributed by atoms with E-state index in [1.807, 2.05) is 6.92 Å². The van der Waals surface area contributed by atoms with Gasteiger partial charge in [0.25, 0.3) is 0 Å². The molecule has 0 bridgehead atoms. The molecule has 1 spiro atoms. The van der Waals surface area contributed by atoms with Gasteiger partial charge in [0, 0.05) is 17.9 Å². The van der Waals surface area contributed by atoms with E-state index in [1.165, 1.54) is 25.7 Å². The first kappa shape index (κ1) is 20.5. The molecule has 4 unspecified atom stereocenters. The molecule has 4 nitrogen and oxygen atoms in total. The van der Waals surface area contributed by atoms with Crippen LogP contribution in [0.5, 0.6) is 0 Å². The zero-order chi connectivity index (χ0) is 21.3. The lowest BCUT2D eigenvalue weighted by molar-refractivity contribution is -0.137. The molecule has 1 heterocycles. The Hall–Kier alpha value is -1.42. The van der Waals surface area contributed by atoms with Crippen LogP contribution in [0.15, 0.2) is 24.3 Å². The maximum Gasteiger partial charge on any atom is 0.330 e. The Morgan fingerprint density at radius 2 is 2.07 bits per heavy atom. The number of carbonyl (C=O) groups is 2. The highest BCUT2D eigenvalue weighted by Gasteiger charge is 2.75. The quantitative estimate of drug-likeness (QED) is 0.286. The van der Waals surface area contributed by atoms with Crippen molar-refractivity contribution in [1.82, 2.24) is 0 Å². The molecule has 4 heteroatoms. The van der Waals surface area contributed by atoms with Crippen molar-refractivity contribution in [2.75, 3.05) is 6.61 Å². The van der Waals surface area contributed by atoms with Gasteiger partial charge in [0.15, 0.2) is 5.78 Å². The first-order valence-electron chi connectivity index (χ1n) is 12.0. The summed E-state index contributed by atoms with van der Waals surface area (Å²) in [6.07, 6.45) is 14.9. The molecule has 30 heavy (non-hydrogen) atoms. The minimum absolute atomic E-state index is 0.0971. The Morgan fingerprint density at radius 3 is 2.83 bits per heavy atom. The number of allylic oxidation sites excluding steroid dienone is 2.